The molecule has 0 aromatic carbocycles. The van der Waals surface area contributed by atoms with Crippen molar-refractivity contribution in [2.45, 2.75) is 47.1 Å². The summed E-state index contributed by atoms with van der Waals surface area (Å²) in [5, 5.41) is 9.71. The number of rotatable bonds is 3. The van der Waals surface area contributed by atoms with E-state index in [0.717, 1.165) is 0 Å². The Morgan fingerprint density at radius 3 is 2.09 bits per heavy atom. The van der Waals surface area contributed by atoms with E-state index in [2.05, 4.69) is 78.0 Å². The fourth-order valence-electron chi connectivity index (χ4n) is 4.08. The van der Waals surface area contributed by atoms with E-state index in [1.165, 1.54) is 0 Å². The molecular weight excluding hydrogens is 272 g/mol. The minimum atomic E-state index is -0.613. The van der Waals surface area contributed by atoms with Crippen molar-refractivity contribution in [3.63, 3.8) is 0 Å². The van der Waals surface area contributed by atoms with Gasteiger partial charge >= 0.3 is 0 Å². The van der Waals surface area contributed by atoms with Crippen LogP contribution in [0, 0.1) is 41.4 Å². The molecule has 1 N–H and O–H groups in total. The van der Waals surface area contributed by atoms with Crippen molar-refractivity contribution >= 4 is 0 Å². The lowest BCUT2D eigenvalue weighted by Crippen LogP contribution is -2.47. The average molecular weight is 304 g/mol. The van der Waals surface area contributed by atoms with Crippen LogP contribution in [0.25, 0.3) is 0 Å². The summed E-state index contributed by atoms with van der Waals surface area (Å²) in [6.45, 7) is 13.4. The van der Waals surface area contributed by atoms with Gasteiger partial charge in [-0.25, -0.2) is 4.89 Å². The highest BCUT2D eigenvalue weighted by atomic mass is 17.1. The molecule has 0 fully saturated rings. The second-order valence-corrected chi connectivity index (χ2v) is 7.66. The molecule has 0 radical (unpaired) electrons. The third-order valence-electron chi connectivity index (χ3n) is 6.41. The molecule has 8 atom stereocenters. The smallest absolute Gasteiger partial charge is 0.130 e. The van der Waals surface area contributed by atoms with Crippen molar-refractivity contribution in [2.24, 2.45) is 41.4 Å². The maximum Gasteiger partial charge on any atom is 0.130 e. The fraction of sp³-hybridized carbons (Fsp3) is 0.700. The molecule has 0 amide bonds. The van der Waals surface area contributed by atoms with E-state index in [0.29, 0.717) is 29.6 Å². The molecule has 0 aromatic heterocycles. The van der Waals surface area contributed by atoms with Gasteiger partial charge in [-0.1, -0.05) is 78.0 Å². The Morgan fingerprint density at radius 1 is 0.864 bits per heavy atom. The summed E-state index contributed by atoms with van der Waals surface area (Å²) in [6, 6.07) is 0. The summed E-state index contributed by atoms with van der Waals surface area (Å²) in [5.74, 6) is 3.03. The monoisotopic (exact) mass is 304 g/mol. The van der Waals surface area contributed by atoms with Gasteiger partial charge < -0.3 is 0 Å². The van der Waals surface area contributed by atoms with E-state index in [-0.39, 0.29) is 11.8 Å². The lowest BCUT2D eigenvalue weighted by molar-refractivity contribution is -0.333. The van der Waals surface area contributed by atoms with Crippen LogP contribution in [0.5, 0.6) is 0 Å². The van der Waals surface area contributed by atoms with Crippen LogP contribution in [0.4, 0.5) is 0 Å². The molecular formula is C20H32O2. The minimum Gasteiger partial charge on any atom is -0.251 e. The Morgan fingerprint density at radius 2 is 1.45 bits per heavy atom. The van der Waals surface area contributed by atoms with Gasteiger partial charge in [0.05, 0.1) is 0 Å². The highest BCUT2D eigenvalue weighted by Gasteiger charge is 2.44. The molecule has 22 heavy (non-hydrogen) atoms. The van der Waals surface area contributed by atoms with Crippen LogP contribution in [0.2, 0.25) is 0 Å². The molecule has 2 aliphatic carbocycles. The Bertz CT molecular complexity index is 464. The van der Waals surface area contributed by atoms with Crippen molar-refractivity contribution in [2.75, 3.05) is 0 Å². The molecule has 2 heteroatoms. The first-order valence-corrected chi connectivity index (χ1v) is 8.72. The Labute approximate surface area is 135 Å². The van der Waals surface area contributed by atoms with Crippen LogP contribution in [-0.4, -0.2) is 10.9 Å². The Balaban J connectivity index is 2.29. The number of hydrogen-bond donors (Lipinski definition) is 1. The van der Waals surface area contributed by atoms with Gasteiger partial charge in [0.15, 0.2) is 0 Å². The molecule has 0 bridgehead atoms. The third kappa shape index (κ3) is 2.96. The first-order valence-electron chi connectivity index (χ1n) is 8.72. The van der Waals surface area contributed by atoms with Gasteiger partial charge in [0.25, 0.3) is 0 Å². The first-order chi connectivity index (χ1) is 10.3. The van der Waals surface area contributed by atoms with Crippen molar-refractivity contribution in [3.8, 4) is 0 Å². The van der Waals surface area contributed by atoms with E-state index >= 15 is 0 Å². The maximum absolute atomic E-state index is 9.71. The number of allylic oxidation sites excluding steroid dienone is 4. The summed E-state index contributed by atoms with van der Waals surface area (Å²) in [7, 11) is 0. The van der Waals surface area contributed by atoms with Gasteiger partial charge in [0.2, 0.25) is 0 Å². The molecule has 2 nitrogen and oxygen atoms in total. The summed E-state index contributed by atoms with van der Waals surface area (Å²) in [5.41, 5.74) is -0.613. The maximum atomic E-state index is 9.71. The van der Waals surface area contributed by atoms with Gasteiger partial charge in [0.1, 0.15) is 5.60 Å². The summed E-state index contributed by atoms with van der Waals surface area (Å²) in [4.78, 5) is 5.11. The second kappa shape index (κ2) is 6.72. The van der Waals surface area contributed by atoms with Gasteiger partial charge in [-0.15, -0.1) is 0 Å². The normalized spacial score (nSPS) is 49.0. The zero-order chi connectivity index (χ0) is 16.5. The van der Waals surface area contributed by atoms with Crippen LogP contribution in [-0.2, 0) is 4.89 Å². The average Bonchev–Trinajstić information content (AvgIpc) is 2.50. The topological polar surface area (TPSA) is 29.5 Å². The predicted molar refractivity (Wildman–Crippen MR) is 92.3 cm³/mol. The first kappa shape index (κ1) is 17.5. The number of hydrogen-bond acceptors (Lipinski definition) is 2. The zero-order valence-corrected chi connectivity index (χ0v) is 14.9. The summed E-state index contributed by atoms with van der Waals surface area (Å²) < 4.78 is 0. The van der Waals surface area contributed by atoms with E-state index in [9.17, 15) is 5.26 Å². The van der Waals surface area contributed by atoms with E-state index in [1.807, 2.05) is 0 Å². The molecule has 0 saturated carbocycles. The van der Waals surface area contributed by atoms with Crippen LogP contribution >= 0.6 is 0 Å². The fourth-order valence-corrected chi connectivity index (χ4v) is 4.08. The summed E-state index contributed by atoms with van der Waals surface area (Å²) >= 11 is 0. The van der Waals surface area contributed by atoms with Gasteiger partial charge in [-0.2, -0.15) is 0 Å². The van der Waals surface area contributed by atoms with Gasteiger partial charge in [-0.3, -0.25) is 5.26 Å². The quantitative estimate of drug-likeness (QED) is 0.433. The molecule has 2 rings (SSSR count). The Hall–Kier alpha value is -0.860. The molecule has 0 spiro atoms. The highest BCUT2D eigenvalue weighted by Crippen LogP contribution is 2.42. The lowest BCUT2D eigenvalue weighted by Gasteiger charge is -2.43. The highest BCUT2D eigenvalue weighted by molar-refractivity contribution is 5.20. The molecule has 0 saturated heterocycles. The van der Waals surface area contributed by atoms with E-state index in [1.54, 1.807) is 0 Å². The van der Waals surface area contributed by atoms with Crippen LogP contribution in [0.3, 0.4) is 0 Å². The molecule has 0 aliphatic heterocycles. The summed E-state index contributed by atoms with van der Waals surface area (Å²) in [6.07, 6.45) is 13.5. The second-order valence-electron chi connectivity index (χ2n) is 7.66. The lowest BCUT2D eigenvalue weighted by atomic mass is 9.67. The molecule has 8 unspecified atom stereocenters. The van der Waals surface area contributed by atoms with Crippen LogP contribution in [0.15, 0.2) is 36.5 Å². The molecule has 2 aliphatic rings. The third-order valence-corrected chi connectivity index (χ3v) is 6.41. The van der Waals surface area contributed by atoms with E-state index < -0.39 is 5.60 Å². The molecule has 0 heterocycles. The van der Waals surface area contributed by atoms with Gasteiger partial charge in [0, 0.05) is 5.92 Å². The standard InChI is InChI=1S/C20H32O2/c1-13-7-8-15(3)19(17(13)5)11-12-20(22-21)16(4)10-9-14(2)18(20)6/h7-19,21H,1-6H3/b12-11+. The van der Waals surface area contributed by atoms with E-state index in [4.69, 9.17) is 4.89 Å². The van der Waals surface area contributed by atoms with Gasteiger partial charge in [-0.05, 0) is 35.5 Å². The van der Waals surface area contributed by atoms with Crippen molar-refractivity contribution in [1.29, 1.82) is 0 Å². The SMILES string of the molecule is CC1C=CC(C)C(/C=C/C2(OO)C(C)C=CC(C)C2C)C1C. The van der Waals surface area contributed by atoms with Crippen molar-refractivity contribution in [1.82, 2.24) is 0 Å². The van der Waals surface area contributed by atoms with Crippen molar-refractivity contribution in [3.05, 3.63) is 36.5 Å². The zero-order valence-electron chi connectivity index (χ0n) is 14.9. The molecule has 0 aromatic rings. The van der Waals surface area contributed by atoms with Crippen LogP contribution < -0.4 is 0 Å². The van der Waals surface area contributed by atoms with Crippen molar-refractivity contribution < 1.29 is 10.1 Å². The predicted octanol–water partition coefficient (Wildman–Crippen LogP) is 5.34. The Kier molecular flexibility index (Phi) is 5.34. The largest absolute Gasteiger partial charge is 0.251 e. The van der Waals surface area contributed by atoms with Crippen LogP contribution in [0.1, 0.15) is 41.5 Å². The molecule has 124 valence electrons. The minimum absolute atomic E-state index is 0.169.